The summed E-state index contributed by atoms with van der Waals surface area (Å²) in [4.78, 5) is 0. The van der Waals surface area contributed by atoms with Crippen molar-refractivity contribution in [3.8, 4) is 0 Å². The Labute approximate surface area is 132 Å². The van der Waals surface area contributed by atoms with Gasteiger partial charge in [0, 0.05) is 22.6 Å². The number of hydrogen-bond acceptors (Lipinski definition) is 2. The van der Waals surface area contributed by atoms with E-state index in [1.807, 2.05) is 0 Å². The minimum atomic E-state index is -1.21. The van der Waals surface area contributed by atoms with Crippen molar-refractivity contribution in [1.82, 2.24) is 0 Å². The summed E-state index contributed by atoms with van der Waals surface area (Å²) in [6.45, 7) is -0.0769. The van der Waals surface area contributed by atoms with Gasteiger partial charge in [-0.25, -0.2) is 13.2 Å². The minimum Gasteiger partial charge on any atom is -0.386 e. The van der Waals surface area contributed by atoms with Crippen LogP contribution in [-0.2, 0) is 0 Å². The molecule has 0 aliphatic heterocycles. The molecule has 0 radical (unpaired) electrons. The zero-order chi connectivity index (χ0) is 15.6. The van der Waals surface area contributed by atoms with Crippen molar-refractivity contribution in [3.05, 3.63) is 62.8 Å². The van der Waals surface area contributed by atoms with Crippen LogP contribution in [0, 0.1) is 17.5 Å². The van der Waals surface area contributed by atoms with Crippen LogP contribution in [0.1, 0.15) is 11.7 Å². The first-order valence-electron chi connectivity index (χ1n) is 5.90. The van der Waals surface area contributed by atoms with Crippen LogP contribution < -0.4 is 5.32 Å². The van der Waals surface area contributed by atoms with Gasteiger partial charge in [0.15, 0.2) is 0 Å². The molecule has 0 saturated heterocycles. The van der Waals surface area contributed by atoms with Crippen LogP contribution in [0.4, 0.5) is 18.9 Å². The number of nitrogens with one attached hydrogen (secondary N) is 1. The number of benzene rings is 2. The number of aliphatic hydroxyl groups excluding tert-OH is 1. The lowest BCUT2D eigenvalue weighted by Crippen LogP contribution is -2.14. The molecule has 112 valence electrons. The third kappa shape index (κ3) is 3.90. The van der Waals surface area contributed by atoms with Gasteiger partial charge >= 0.3 is 0 Å². The maximum absolute atomic E-state index is 13.5. The van der Waals surface area contributed by atoms with Gasteiger partial charge in [0.25, 0.3) is 0 Å². The smallest absolute Gasteiger partial charge is 0.131 e. The molecule has 21 heavy (non-hydrogen) atoms. The zero-order valence-electron chi connectivity index (χ0n) is 10.5. The molecule has 2 aromatic rings. The number of anilines is 1. The molecule has 2 N–H and O–H groups in total. The number of aliphatic hydroxyl groups is 1. The quantitative estimate of drug-likeness (QED) is 0.808. The molecule has 0 amide bonds. The highest BCUT2D eigenvalue weighted by molar-refractivity contribution is 9.10. The first-order valence-corrected chi connectivity index (χ1v) is 7.07. The van der Waals surface area contributed by atoms with Crippen LogP contribution in [0.15, 0.2) is 34.8 Å². The van der Waals surface area contributed by atoms with Crippen molar-refractivity contribution in [2.24, 2.45) is 0 Å². The van der Waals surface area contributed by atoms with E-state index >= 15 is 0 Å². The molecular formula is C14H10BrClF3NO. The fourth-order valence-electron chi connectivity index (χ4n) is 1.79. The van der Waals surface area contributed by atoms with Gasteiger partial charge < -0.3 is 10.4 Å². The van der Waals surface area contributed by atoms with E-state index in [2.05, 4.69) is 21.2 Å². The van der Waals surface area contributed by atoms with Crippen molar-refractivity contribution < 1.29 is 18.3 Å². The summed E-state index contributed by atoms with van der Waals surface area (Å²) >= 11 is 9.01. The minimum absolute atomic E-state index is 0.0433. The van der Waals surface area contributed by atoms with Crippen molar-refractivity contribution >= 4 is 33.2 Å². The molecule has 0 bridgehead atoms. The Balaban J connectivity index is 2.13. The molecule has 0 saturated carbocycles. The topological polar surface area (TPSA) is 32.3 Å². The third-order valence-electron chi connectivity index (χ3n) is 2.80. The molecule has 2 aromatic carbocycles. The SMILES string of the molecule is OC(CNc1c(Cl)cc(F)cc1Br)c1ccc(F)cc1F. The maximum Gasteiger partial charge on any atom is 0.131 e. The van der Waals surface area contributed by atoms with Crippen LogP contribution in [0.2, 0.25) is 5.02 Å². The average Bonchev–Trinajstić information content (AvgIpc) is 2.36. The van der Waals surface area contributed by atoms with E-state index in [4.69, 9.17) is 11.6 Å². The van der Waals surface area contributed by atoms with E-state index in [0.717, 1.165) is 12.1 Å². The van der Waals surface area contributed by atoms with Crippen molar-refractivity contribution in [2.75, 3.05) is 11.9 Å². The summed E-state index contributed by atoms with van der Waals surface area (Å²) in [5.74, 6) is -2.07. The van der Waals surface area contributed by atoms with Crippen LogP contribution in [0.25, 0.3) is 0 Å². The third-order valence-corrected chi connectivity index (χ3v) is 3.72. The lowest BCUT2D eigenvalue weighted by Gasteiger charge is -2.16. The van der Waals surface area contributed by atoms with Gasteiger partial charge in [-0.3, -0.25) is 0 Å². The van der Waals surface area contributed by atoms with Gasteiger partial charge in [0.1, 0.15) is 17.5 Å². The number of halogens is 5. The Morgan fingerprint density at radius 1 is 1.14 bits per heavy atom. The van der Waals surface area contributed by atoms with Crippen LogP contribution in [0.5, 0.6) is 0 Å². The summed E-state index contributed by atoms with van der Waals surface area (Å²) in [5.41, 5.74) is 0.331. The van der Waals surface area contributed by atoms with E-state index < -0.39 is 23.6 Å². The van der Waals surface area contributed by atoms with Gasteiger partial charge in [0.2, 0.25) is 0 Å². The van der Waals surface area contributed by atoms with Gasteiger partial charge in [-0.1, -0.05) is 17.7 Å². The molecule has 1 atom stereocenters. The molecule has 0 fully saturated rings. The van der Waals surface area contributed by atoms with Crippen molar-refractivity contribution in [1.29, 1.82) is 0 Å². The van der Waals surface area contributed by atoms with E-state index in [1.54, 1.807) is 0 Å². The maximum atomic E-state index is 13.5. The summed E-state index contributed by atoms with van der Waals surface area (Å²) in [5, 5.41) is 12.8. The molecule has 0 aromatic heterocycles. The Hall–Kier alpha value is -1.24. The first kappa shape index (κ1) is 16.1. The molecule has 2 nitrogen and oxygen atoms in total. The second-order valence-electron chi connectivity index (χ2n) is 4.31. The van der Waals surface area contributed by atoms with E-state index in [-0.39, 0.29) is 17.1 Å². The highest BCUT2D eigenvalue weighted by Crippen LogP contribution is 2.32. The second kappa shape index (κ2) is 6.68. The molecule has 1 unspecified atom stereocenters. The lowest BCUT2D eigenvalue weighted by atomic mass is 10.1. The molecule has 0 aliphatic carbocycles. The van der Waals surface area contributed by atoms with E-state index in [9.17, 15) is 18.3 Å². The Morgan fingerprint density at radius 3 is 2.48 bits per heavy atom. The molecular weight excluding hydrogens is 371 g/mol. The Morgan fingerprint density at radius 2 is 1.86 bits per heavy atom. The van der Waals surface area contributed by atoms with Gasteiger partial charge in [-0.15, -0.1) is 0 Å². The monoisotopic (exact) mass is 379 g/mol. The largest absolute Gasteiger partial charge is 0.386 e. The summed E-state index contributed by atoms with van der Waals surface area (Å²) < 4.78 is 39.8. The number of rotatable bonds is 4. The predicted octanol–water partition coefficient (Wildman–Crippen LogP) is 4.67. The summed E-state index contributed by atoms with van der Waals surface area (Å²) in [7, 11) is 0. The fourth-order valence-corrected chi connectivity index (χ4v) is 2.75. The standard InChI is InChI=1S/C14H10BrClF3NO/c15-10-3-8(18)4-11(16)14(10)20-6-13(21)9-2-1-7(17)5-12(9)19/h1-5,13,20-21H,6H2. The Bertz CT molecular complexity index is 646. The van der Waals surface area contributed by atoms with Gasteiger partial charge in [-0.05, 0) is 34.1 Å². The van der Waals surface area contributed by atoms with Crippen LogP contribution in [0.3, 0.4) is 0 Å². The lowest BCUT2D eigenvalue weighted by molar-refractivity contribution is 0.186. The average molecular weight is 381 g/mol. The van der Waals surface area contributed by atoms with E-state index in [1.165, 1.54) is 12.1 Å². The molecule has 0 heterocycles. The van der Waals surface area contributed by atoms with Crippen molar-refractivity contribution in [2.45, 2.75) is 6.10 Å². The fraction of sp³-hybridized carbons (Fsp3) is 0.143. The molecule has 2 rings (SSSR count). The highest BCUT2D eigenvalue weighted by Gasteiger charge is 2.15. The summed E-state index contributed by atoms with van der Waals surface area (Å²) in [6.07, 6.45) is -1.21. The predicted molar refractivity (Wildman–Crippen MR) is 78.9 cm³/mol. The molecule has 0 spiro atoms. The summed E-state index contributed by atoms with van der Waals surface area (Å²) in [6, 6.07) is 5.23. The van der Waals surface area contributed by atoms with Gasteiger partial charge in [-0.2, -0.15) is 0 Å². The van der Waals surface area contributed by atoms with E-state index in [0.29, 0.717) is 16.2 Å². The normalized spacial score (nSPS) is 12.3. The molecule has 7 heteroatoms. The first-order chi connectivity index (χ1) is 9.88. The van der Waals surface area contributed by atoms with Crippen molar-refractivity contribution in [3.63, 3.8) is 0 Å². The van der Waals surface area contributed by atoms with Crippen LogP contribution in [-0.4, -0.2) is 11.7 Å². The second-order valence-corrected chi connectivity index (χ2v) is 5.57. The molecule has 0 aliphatic rings. The zero-order valence-corrected chi connectivity index (χ0v) is 12.9. The van der Waals surface area contributed by atoms with Crippen LogP contribution >= 0.6 is 27.5 Å². The van der Waals surface area contributed by atoms with Gasteiger partial charge in [0.05, 0.1) is 16.8 Å². The highest BCUT2D eigenvalue weighted by atomic mass is 79.9. The number of hydrogen-bond donors (Lipinski definition) is 2. The Kier molecular flexibility index (Phi) is 5.13.